The summed E-state index contributed by atoms with van der Waals surface area (Å²) in [5.41, 5.74) is 0. The second-order valence-corrected chi connectivity index (χ2v) is 5.76. The third-order valence-corrected chi connectivity index (χ3v) is 4.43. The molecule has 0 amide bonds. The van der Waals surface area contributed by atoms with E-state index >= 15 is 0 Å². The van der Waals surface area contributed by atoms with Crippen LogP contribution in [0.25, 0.3) is 0 Å². The summed E-state index contributed by atoms with van der Waals surface area (Å²) in [6.45, 7) is 4.55. The van der Waals surface area contributed by atoms with Crippen molar-refractivity contribution >= 4 is 5.97 Å². The highest BCUT2D eigenvalue weighted by Gasteiger charge is 2.43. The summed E-state index contributed by atoms with van der Waals surface area (Å²) < 4.78 is 0. The second-order valence-electron chi connectivity index (χ2n) is 5.76. The van der Waals surface area contributed by atoms with Gasteiger partial charge in [-0.2, -0.15) is 0 Å². The van der Waals surface area contributed by atoms with Crippen LogP contribution in [-0.4, -0.2) is 11.1 Å². The Labute approximate surface area is 92.1 Å². The zero-order chi connectivity index (χ0) is 11.0. The summed E-state index contributed by atoms with van der Waals surface area (Å²) in [6, 6.07) is 0. The summed E-state index contributed by atoms with van der Waals surface area (Å²) in [6.07, 6.45) is 5.76. The first kappa shape index (κ1) is 11.0. The van der Waals surface area contributed by atoms with Gasteiger partial charge >= 0.3 is 5.97 Å². The van der Waals surface area contributed by atoms with Crippen molar-refractivity contribution < 1.29 is 9.90 Å². The molecule has 2 rings (SSSR count). The SMILES string of the molecule is CC(C)C1CCC(C(=O)O)C(C2CC2)C1. The molecular weight excluding hydrogens is 188 g/mol. The predicted molar refractivity (Wildman–Crippen MR) is 59.5 cm³/mol. The average Bonchev–Trinajstić information content (AvgIpc) is 2.99. The predicted octanol–water partition coefficient (Wildman–Crippen LogP) is 3.17. The first-order chi connectivity index (χ1) is 7.09. The van der Waals surface area contributed by atoms with Crippen molar-refractivity contribution in [3.8, 4) is 0 Å². The van der Waals surface area contributed by atoms with Gasteiger partial charge in [0.15, 0.2) is 0 Å². The fourth-order valence-corrected chi connectivity index (χ4v) is 3.20. The summed E-state index contributed by atoms with van der Waals surface area (Å²) in [5.74, 6) is 2.14. The van der Waals surface area contributed by atoms with E-state index in [-0.39, 0.29) is 5.92 Å². The molecule has 0 aromatic rings. The maximum atomic E-state index is 11.2. The Balaban J connectivity index is 2.02. The normalized spacial score (nSPS) is 36.9. The first-order valence-corrected chi connectivity index (χ1v) is 6.32. The van der Waals surface area contributed by atoms with Crippen molar-refractivity contribution in [1.82, 2.24) is 0 Å². The van der Waals surface area contributed by atoms with Gasteiger partial charge in [0, 0.05) is 0 Å². The zero-order valence-corrected chi connectivity index (χ0v) is 9.78. The molecule has 86 valence electrons. The van der Waals surface area contributed by atoms with Gasteiger partial charge in [0.2, 0.25) is 0 Å². The van der Waals surface area contributed by atoms with Crippen LogP contribution in [0.15, 0.2) is 0 Å². The van der Waals surface area contributed by atoms with Crippen LogP contribution >= 0.6 is 0 Å². The highest BCUT2D eigenvalue weighted by atomic mass is 16.4. The molecular formula is C13H22O2. The molecule has 2 heteroatoms. The molecule has 3 unspecified atom stereocenters. The minimum absolute atomic E-state index is 0.0347. The molecule has 0 bridgehead atoms. The first-order valence-electron chi connectivity index (χ1n) is 6.32. The molecule has 2 aliphatic rings. The molecule has 0 radical (unpaired) electrons. The van der Waals surface area contributed by atoms with Gasteiger partial charge in [-0.15, -0.1) is 0 Å². The molecule has 2 nitrogen and oxygen atoms in total. The molecule has 15 heavy (non-hydrogen) atoms. The molecule has 3 atom stereocenters. The number of carboxylic acid groups (broad SMARTS) is 1. The number of hydrogen-bond acceptors (Lipinski definition) is 1. The van der Waals surface area contributed by atoms with E-state index in [2.05, 4.69) is 13.8 Å². The number of hydrogen-bond donors (Lipinski definition) is 1. The van der Waals surface area contributed by atoms with Crippen LogP contribution in [-0.2, 0) is 4.79 Å². The van der Waals surface area contributed by atoms with Gasteiger partial charge < -0.3 is 5.11 Å². The largest absolute Gasteiger partial charge is 0.481 e. The van der Waals surface area contributed by atoms with Gasteiger partial charge in [0.25, 0.3) is 0 Å². The van der Waals surface area contributed by atoms with Crippen molar-refractivity contribution in [1.29, 1.82) is 0 Å². The van der Waals surface area contributed by atoms with Crippen LogP contribution in [0, 0.1) is 29.6 Å². The molecule has 0 spiro atoms. The molecule has 2 aliphatic carbocycles. The number of aliphatic carboxylic acids is 1. The Morgan fingerprint density at radius 3 is 2.33 bits per heavy atom. The lowest BCUT2D eigenvalue weighted by atomic mass is 9.69. The second kappa shape index (κ2) is 4.15. The van der Waals surface area contributed by atoms with E-state index in [1.54, 1.807) is 0 Å². The van der Waals surface area contributed by atoms with Gasteiger partial charge in [0.05, 0.1) is 5.92 Å². The van der Waals surface area contributed by atoms with Gasteiger partial charge in [0.1, 0.15) is 0 Å². The highest BCUT2D eigenvalue weighted by Crippen LogP contribution is 2.49. The summed E-state index contributed by atoms with van der Waals surface area (Å²) in [5, 5.41) is 9.21. The summed E-state index contributed by atoms with van der Waals surface area (Å²) in [4.78, 5) is 11.2. The average molecular weight is 210 g/mol. The van der Waals surface area contributed by atoms with Gasteiger partial charge in [-0.3, -0.25) is 4.79 Å². The minimum Gasteiger partial charge on any atom is -0.481 e. The van der Waals surface area contributed by atoms with Crippen molar-refractivity contribution in [3.05, 3.63) is 0 Å². The quantitative estimate of drug-likeness (QED) is 0.776. The smallest absolute Gasteiger partial charge is 0.306 e. The highest BCUT2D eigenvalue weighted by molar-refractivity contribution is 5.70. The lowest BCUT2D eigenvalue weighted by Gasteiger charge is -2.36. The molecule has 0 saturated heterocycles. The standard InChI is InChI=1S/C13H22O2/c1-8(2)10-5-6-11(13(14)15)12(7-10)9-3-4-9/h8-12H,3-7H2,1-2H3,(H,14,15). The summed E-state index contributed by atoms with van der Waals surface area (Å²) >= 11 is 0. The maximum absolute atomic E-state index is 11.2. The molecule has 0 aliphatic heterocycles. The third kappa shape index (κ3) is 2.35. The van der Waals surface area contributed by atoms with Crippen LogP contribution < -0.4 is 0 Å². The zero-order valence-electron chi connectivity index (χ0n) is 9.78. The monoisotopic (exact) mass is 210 g/mol. The Hall–Kier alpha value is -0.530. The molecule has 0 aromatic heterocycles. The fourth-order valence-electron chi connectivity index (χ4n) is 3.20. The van der Waals surface area contributed by atoms with Gasteiger partial charge in [-0.1, -0.05) is 13.8 Å². The van der Waals surface area contributed by atoms with Crippen LogP contribution in [0.2, 0.25) is 0 Å². The van der Waals surface area contributed by atoms with E-state index in [1.165, 1.54) is 19.3 Å². The third-order valence-electron chi connectivity index (χ3n) is 4.43. The van der Waals surface area contributed by atoms with Crippen LogP contribution in [0.3, 0.4) is 0 Å². The Bertz CT molecular complexity index is 243. The van der Waals surface area contributed by atoms with Crippen molar-refractivity contribution in [2.45, 2.75) is 46.0 Å². The summed E-state index contributed by atoms with van der Waals surface area (Å²) in [7, 11) is 0. The lowest BCUT2D eigenvalue weighted by Crippen LogP contribution is -2.33. The van der Waals surface area contributed by atoms with E-state index in [4.69, 9.17) is 0 Å². The Morgan fingerprint density at radius 1 is 1.20 bits per heavy atom. The maximum Gasteiger partial charge on any atom is 0.306 e. The van der Waals surface area contributed by atoms with E-state index in [1.807, 2.05) is 0 Å². The van der Waals surface area contributed by atoms with E-state index in [0.717, 1.165) is 30.6 Å². The topological polar surface area (TPSA) is 37.3 Å². The lowest BCUT2D eigenvalue weighted by molar-refractivity contribution is -0.146. The van der Waals surface area contributed by atoms with Gasteiger partial charge in [-0.05, 0) is 55.8 Å². The minimum atomic E-state index is -0.547. The number of rotatable bonds is 3. The Kier molecular flexibility index (Phi) is 3.03. The van der Waals surface area contributed by atoms with Crippen molar-refractivity contribution in [2.24, 2.45) is 29.6 Å². The molecule has 2 saturated carbocycles. The molecule has 2 fully saturated rings. The van der Waals surface area contributed by atoms with Crippen molar-refractivity contribution in [3.63, 3.8) is 0 Å². The molecule has 0 aromatic carbocycles. The van der Waals surface area contributed by atoms with E-state index in [9.17, 15) is 9.90 Å². The number of carboxylic acids is 1. The van der Waals surface area contributed by atoms with Crippen LogP contribution in [0.1, 0.15) is 46.0 Å². The van der Waals surface area contributed by atoms with Gasteiger partial charge in [-0.25, -0.2) is 0 Å². The van der Waals surface area contributed by atoms with Crippen LogP contribution in [0.5, 0.6) is 0 Å². The van der Waals surface area contributed by atoms with E-state index in [0.29, 0.717) is 5.92 Å². The number of carbonyl (C=O) groups is 1. The van der Waals surface area contributed by atoms with Crippen molar-refractivity contribution in [2.75, 3.05) is 0 Å². The molecule has 1 N–H and O–H groups in total. The fraction of sp³-hybridized carbons (Fsp3) is 0.923. The molecule has 0 heterocycles. The van der Waals surface area contributed by atoms with E-state index < -0.39 is 5.97 Å². The Morgan fingerprint density at radius 2 is 1.87 bits per heavy atom. The van der Waals surface area contributed by atoms with Crippen LogP contribution in [0.4, 0.5) is 0 Å².